The Labute approximate surface area is 157 Å². The molecule has 1 aliphatic rings. The smallest absolute Gasteiger partial charge is 0.316 e. The van der Waals surface area contributed by atoms with E-state index in [1.165, 1.54) is 0 Å². The molecule has 1 atom stereocenters. The summed E-state index contributed by atoms with van der Waals surface area (Å²) in [6.45, 7) is 3.00. The van der Waals surface area contributed by atoms with E-state index in [2.05, 4.69) is 11.1 Å². The van der Waals surface area contributed by atoms with Crippen molar-refractivity contribution in [2.24, 2.45) is 0 Å². The molecule has 0 saturated carbocycles. The third kappa shape index (κ3) is 3.21. The summed E-state index contributed by atoms with van der Waals surface area (Å²) in [5, 5.41) is 1.11. The standard InChI is InChI=1S/C22H22N2O3/c1-2-27-22(26)18-14-24(21(25)15-8-4-3-5-9-15)13-12-17-16-10-6-7-11-19(16)23-20(17)18/h3-11,18,23H,2,12-14H2,1H3. The lowest BCUT2D eigenvalue weighted by Gasteiger charge is -2.24. The van der Waals surface area contributed by atoms with Gasteiger partial charge in [-0.1, -0.05) is 36.4 Å². The van der Waals surface area contributed by atoms with E-state index in [0.717, 1.165) is 22.2 Å². The highest BCUT2D eigenvalue weighted by molar-refractivity contribution is 5.95. The number of H-pyrrole nitrogens is 1. The molecule has 0 spiro atoms. The van der Waals surface area contributed by atoms with Crippen LogP contribution < -0.4 is 0 Å². The number of rotatable bonds is 3. The van der Waals surface area contributed by atoms with Crippen LogP contribution in [0.15, 0.2) is 54.6 Å². The molecule has 27 heavy (non-hydrogen) atoms. The van der Waals surface area contributed by atoms with E-state index in [4.69, 9.17) is 4.74 Å². The Morgan fingerprint density at radius 3 is 2.63 bits per heavy atom. The summed E-state index contributed by atoms with van der Waals surface area (Å²) in [6.07, 6.45) is 0.702. The number of carbonyl (C=O) groups excluding carboxylic acids is 2. The van der Waals surface area contributed by atoms with Crippen molar-refractivity contribution < 1.29 is 14.3 Å². The van der Waals surface area contributed by atoms with Crippen LogP contribution in [0.3, 0.4) is 0 Å². The van der Waals surface area contributed by atoms with E-state index in [1.807, 2.05) is 36.4 Å². The molecule has 1 amide bonds. The van der Waals surface area contributed by atoms with Crippen molar-refractivity contribution in [3.63, 3.8) is 0 Å². The van der Waals surface area contributed by atoms with Gasteiger partial charge in [-0.15, -0.1) is 0 Å². The Morgan fingerprint density at radius 1 is 1.11 bits per heavy atom. The molecule has 2 aromatic carbocycles. The minimum atomic E-state index is -0.512. The third-order valence-electron chi connectivity index (χ3n) is 5.11. The normalized spacial score (nSPS) is 16.6. The Bertz CT molecular complexity index is 978. The fourth-order valence-electron chi connectivity index (χ4n) is 3.82. The van der Waals surface area contributed by atoms with Crippen LogP contribution in [0.4, 0.5) is 0 Å². The van der Waals surface area contributed by atoms with E-state index >= 15 is 0 Å². The molecule has 0 saturated heterocycles. The van der Waals surface area contributed by atoms with Crippen LogP contribution in [0, 0.1) is 0 Å². The van der Waals surface area contributed by atoms with Crippen LogP contribution in [0.25, 0.3) is 10.9 Å². The molecule has 0 fully saturated rings. The first kappa shape index (κ1) is 17.3. The molecule has 1 aromatic heterocycles. The van der Waals surface area contributed by atoms with Gasteiger partial charge in [0.05, 0.1) is 6.61 Å². The molecule has 2 heterocycles. The number of benzene rings is 2. The minimum Gasteiger partial charge on any atom is -0.465 e. The molecule has 3 aromatic rings. The van der Waals surface area contributed by atoms with Crippen molar-refractivity contribution >= 4 is 22.8 Å². The topological polar surface area (TPSA) is 62.4 Å². The maximum atomic E-state index is 13.0. The van der Waals surface area contributed by atoms with Crippen molar-refractivity contribution in [2.75, 3.05) is 19.7 Å². The van der Waals surface area contributed by atoms with Crippen molar-refractivity contribution in [1.29, 1.82) is 0 Å². The van der Waals surface area contributed by atoms with Crippen LogP contribution in [0.5, 0.6) is 0 Å². The molecule has 0 bridgehead atoms. The highest BCUT2D eigenvalue weighted by atomic mass is 16.5. The summed E-state index contributed by atoms with van der Waals surface area (Å²) >= 11 is 0. The molecular formula is C22H22N2O3. The lowest BCUT2D eigenvalue weighted by Crippen LogP contribution is -2.37. The van der Waals surface area contributed by atoms with Crippen LogP contribution in [0.1, 0.15) is 34.5 Å². The molecular weight excluding hydrogens is 340 g/mol. The predicted octanol–water partition coefficient (Wildman–Crippen LogP) is 3.51. The minimum absolute atomic E-state index is 0.0562. The van der Waals surface area contributed by atoms with Crippen LogP contribution in [-0.4, -0.2) is 41.5 Å². The number of amides is 1. The zero-order valence-corrected chi connectivity index (χ0v) is 15.3. The molecule has 5 heteroatoms. The fraction of sp³-hybridized carbons (Fsp3) is 0.273. The van der Waals surface area contributed by atoms with Crippen LogP contribution in [0.2, 0.25) is 0 Å². The summed E-state index contributed by atoms with van der Waals surface area (Å²) < 4.78 is 5.33. The molecule has 1 N–H and O–H groups in total. The van der Waals surface area contributed by atoms with Gasteiger partial charge in [0.1, 0.15) is 5.92 Å². The van der Waals surface area contributed by atoms with Crippen molar-refractivity contribution in [1.82, 2.24) is 9.88 Å². The van der Waals surface area contributed by atoms with Gasteiger partial charge < -0.3 is 14.6 Å². The third-order valence-corrected chi connectivity index (χ3v) is 5.11. The van der Waals surface area contributed by atoms with Crippen molar-refractivity contribution in [2.45, 2.75) is 19.3 Å². The van der Waals surface area contributed by atoms with E-state index in [1.54, 1.807) is 24.0 Å². The molecule has 138 valence electrons. The van der Waals surface area contributed by atoms with Crippen LogP contribution >= 0.6 is 0 Å². The number of aromatic nitrogens is 1. The van der Waals surface area contributed by atoms with Gasteiger partial charge in [-0.05, 0) is 37.1 Å². The average Bonchev–Trinajstić information content (AvgIpc) is 2.96. The van der Waals surface area contributed by atoms with Gasteiger partial charge in [0.2, 0.25) is 0 Å². The molecule has 1 aliphatic heterocycles. The van der Waals surface area contributed by atoms with E-state index in [-0.39, 0.29) is 11.9 Å². The summed E-state index contributed by atoms with van der Waals surface area (Å²) in [6, 6.07) is 17.2. The number of aromatic amines is 1. The number of carbonyl (C=O) groups is 2. The van der Waals surface area contributed by atoms with E-state index < -0.39 is 5.92 Å². The Morgan fingerprint density at radius 2 is 1.85 bits per heavy atom. The molecule has 5 nitrogen and oxygen atoms in total. The lowest BCUT2D eigenvalue weighted by atomic mass is 10.00. The Hall–Kier alpha value is -3.08. The summed E-state index contributed by atoms with van der Waals surface area (Å²) in [7, 11) is 0. The number of para-hydroxylation sites is 1. The number of ether oxygens (including phenoxy) is 1. The average molecular weight is 362 g/mol. The second kappa shape index (κ2) is 7.27. The van der Waals surface area contributed by atoms with E-state index in [0.29, 0.717) is 31.7 Å². The highest BCUT2D eigenvalue weighted by Gasteiger charge is 2.34. The summed E-state index contributed by atoms with van der Waals surface area (Å²) in [4.78, 5) is 30.9. The van der Waals surface area contributed by atoms with Gasteiger partial charge in [0.15, 0.2) is 0 Å². The predicted molar refractivity (Wildman–Crippen MR) is 104 cm³/mol. The number of nitrogens with zero attached hydrogens (tertiary/aromatic N) is 1. The fourth-order valence-corrected chi connectivity index (χ4v) is 3.82. The summed E-state index contributed by atoms with van der Waals surface area (Å²) in [5.41, 5.74) is 3.63. The van der Waals surface area contributed by atoms with Crippen molar-refractivity contribution in [3.8, 4) is 0 Å². The maximum Gasteiger partial charge on any atom is 0.316 e. The van der Waals surface area contributed by atoms with Gasteiger partial charge in [0.25, 0.3) is 5.91 Å². The van der Waals surface area contributed by atoms with Gasteiger partial charge in [-0.25, -0.2) is 0 Å². The quantitative estimate of drug-likeness (QED) is 0.725. The molecule has 0 aliphatic carbocycles. The summed E-state index contributed by atoms with van der Waals surface area (Å²) in [5.74, 6) is -0.861. The van der Waals surface area contributed by atoms with Gasteiger partial charge in [0, 0.05) is 35.2 Å². The monoisotopic (exact) mass is 362 g/mol. The number of hydrogen-bond acceptors (Lipinski definition) is 3. The largest absolute Gasteiger partial charge is 0.465 e. The first-order chi connectivity index (χ1) is 13.2. The first-order valence-electron chi connectivity index (χ1n) is 9.29. The SMILES string of the molecule is CCOC(=O)C1CN(C(=O)c2ccccc2)CCc2c1[nH]c1ccccc21. The molecule has 1 unspecified atom stereocenters. The zero-order chi connectivity index (χ0) is 18.8. The van der Waals surface area contributed by atoms with E-state index in [9.17, 15) is 9.59 Å². The Kier molecular flexibility index (Phi) is 4.67. The lowest BCUT2D eigenvalue weighted by molar-refractivity contribution is -0.145. The molecule has 4 rings (SSSR count). The van der Waals surface area contributed by atoms with Crippen molar-refractivity contribution in [3.05, 3.63) is 71.4 Å². The Balaban J connectivity index is 1.73. The number of esters is 1. The van der Waals surface area contributed by atoms with Gasteiger partial charge in [-0.3, -0.25) is 9.59 Å². The number of hydrogen-bond donors (Lipinski definition) is 1. The van der Waals surface area contributed by atoms with Crippen LogP contribution in [-0.2, 0) is 16.0 Å². The number of nitrogens with one attached hydrogen (secondary N) is 1. The second-order valence-corrected chi connectivity index (χ2v) is 6.73. The van der Waals surface area contributed by atoms with Gasteiger partial charge >= 0.3 is 5.97 Å². The first-order valence-corrected chi connectivity index (χ1v) is 9.29. The zero-order valence-electron chi connectivity index (χ0n) is 15.3. The van der Waals surface area contributed by atoms with Gasteiger partial charge in [-0.2, -0.15) is 0 Å². The second-order valence-electron chi connectivity index (χ2n) is 6.73. The highest BCUT2D eigenvalue weighted by Crippen LogP contribution is 2.32. The maximum absolute atomic E-state index is 13.0. The number of fused-ring (bicyclic) bond motifs is 3. The molecule has 0 radical (unpaired) electrons.